The molecule has 0 spiro atoms. The number of rotatable bonds is 8. The summed E-state index contributed by atoms with van der Waals surface area (Å²) in [6, 6.07) is -1.59. The smallest absolute Gasteiger partial charge is 0.326 e. The molecule has 120 valence electrons. The summed E-state index contributed by atoms with van der Waals surface area (Å²) in [6.45, 7) is 3.40. The molecule has 0 aliphatic carbocycles. The Morgan fingerprint density at radius 1 is 1.48 bits per heavy atom. The van der Waals surface area contributed by atoms with Crippen LogP contribution in [-0.4, -0.2) is 59.8 Å². The zero-order chi connectivity index (χ0) is 15.8. The normalized spacial score (nSPS) is 19.0. The van der Waals surface area contributed by atoms with Crippen molar-refractivity contribution in [3.63, 3.8) is 0 Å². The van der Waals surface area contributed by atoms with Gasteiger partial charge >= 0.3 is 12.0 Å². The number of hydrogen-bond acceptors (Lipinski definition) is 4. The molecule has 0 saturated carbocycles. The van der Waals surface area contributed by atoms with Gasteiger partial charge in [-0.15, -0.1) is 0 Å². The fourth-order valence-electron chi connectivity index (χ4n) is 2.17. The largest absolute Gasteiger partial charge is 0.480 e. The summed E-state index contributed by atoms with van der Waals surface area (Å²) in [6.07, 6.45) is 1.77. The van der Waals surface area contributed by atoms with Crippen LogP contribution in [0.5, 0.6) is 0 Å². The SMILES string of the molecule is CCN(CC1CCCO1)C(=O)N[C@H](CCC(N)=O)C(=O)O. The first kappa shape index (κ1) is 17.2. The monoisotopic (exact) mass is 301 g/mol. The van der Waals surface area contributed by atoms with E-state index in [9.17, 15) is 14.4 Å². The third-order valence-electron chi connectivity index (χ3n) is 3.39. The van der Waals surface area contributed by atoms with E-state index in [1.165, 1.54) is 4.90 Å². The lowest BCUT2D eigenvalue weighted by Gasteiger charge is -2.26. The maximum Gasteiger partial charge on any atom is 0.326 e. The van der Waals surface area contributed by atoms with E-state index in [1.807, 2.05) is 6.92 Å². The second-order valence-corrected chi connectivity index (χ2v) is 5.02. The fourth-order valence-corrected chi connectivity index (χ4v) is 2.17. The summed E-state index contributed by atoms with van der Waals surface area (Å²) in [5.41, 5.74) is 5.00. The van der Waals surface area contributed by atoms with Gasteiger partial charge in [-0.05, 0) is 26.2 Å². The van der Waals surface area contributed by atoms with E-state index in [2.05, 4.69) is 5.32 Å². The van der Waals surface area contributed by atoms with Gasteiger partial charge < -0.3 is 25.8 Å². The van der Waals surface area contributed by atoms with Gasteiger partial charge in [-0.2, -0.15) is 0 Å². The molecule has 8 heteroatoms. The Morgan fingerprint density at radius 3 is 2.67 bits per heavy atom. The van der Waals surface area contributed by atoms with E-state index in [0.29, 0.717) is 19.7 Å². The van der Waals surface area contributed by atoms with E-state index < -0.39 is 23.9 Å². The summed E-state index contributed by atoms with van der Waals surface area (Å²) in [7, 11) is 0. The van der Waals surface area contributed by atoms with Gasteiger partial charge in [0.05, 0.1) is 6.10 Å². The molecule has 1 rings (SSSR count). The average Bonchev–Trinajstić information content (AvgIpc) is 2.92. The van der Waals surface area contributed by atoms with Crippen LogP contribution >= 0.6 is 0 Å². The van der Waals surface area contributed by atoms with Gasteiger partial charge in [0.1, 0.15) is 6.04 Å². The summed E-state index contributed by atoms with van der Waals surface area (Å²) < 4.78 is 5.47. The zero-order valence-corrected chi connectivity index (χ0v) is 12.2. The molecular weight excluding hydrogens is 278 g/mol. The van der Waals surface area contributed by atoms with Gasteiger partial charge in [-0.25, -0.2) is 9.59 Å². The molecule has 3 amide bonds. The molecule has 2 atom stereocenters. The first-order valence-electron chi connectivity index (χ1n) is 7.12. The molecule has 1 fully saturated rings. The average molecular weight is 301 g/mol. The lowest BCUT2D eigenvalue weighted by atomic mass is 10.1. The molecule has 0 aromatic rings. The quantitative estimate of drug-likeness (QED) is 0.578. The number of carboxylic acid groups (broad SMARTS) is 1. The molecule has 1 saturated heterocycles. The summed E-state index contributed by atoms with van der Waals surface area (Å²) in [4.78, 5) is 35.4. The zero-order valence-electron chi connectivity index (χ0n) is 12.2. The molecule has 0 bridgehead atoms. The first-order valence-corrected chi connectivity index (χ1v) is 7.12. The highest BCUT2D eigenvalue weighted by Gasteiger charge is 2.25. The maximum atomic E-state index is 12.1. The Labute approximate surface area is 123 Å². The van der Waals surface area contributed by atoms with E-state index in [1.54, 1.807) is 0 Å². The Hall–Kier alpha value is -1.83. The minimum atomic E-state index is -1.18. The highest BCUT2D eigenvalue weighted by atomic mass is 16.5. The predicted octanol–water partition coefficient (Wildman–Crippen LogP) is -0.0844. The number of likely N-dealkylation sites (N-methyl/N-ethyl adjacent to an activating group) is 1. The third-order valence-corrected chi connectivity index (χ3v) is 3.39. The van der Waals surface area contributed by atoms with Crippen LogP contribution in [0.3, 0.4) is 0 Å². The minimum absolute atomic E-state index is 0.00426. The molecule has 1 heterocycles. The van der Waals surface area contributed by atoms with Crippen molar-refractivity contribution in [2.24, 2.45) is 5.73 Å². The molecule has 1 aliphatic rings. The van der Waals surface area contributed by atoms with E-state index >= 15 is 0 Å². The highest BCUT2D eigenvalue weighted by Crippen LogP contribution is 2.13. The van der Waals surface area contributed by atoms with Crippen LogP contribution < -0.4 is 11.1 Å². The fraction of sp³-hybridized carbons (Fsp3) is 0.769. The number of carboxylic acids is 1. The van der Waals surface area contributed by atoms with Gasteiger partial charge in [0.25, 0.3) is 0 Å². The van der Waals surface area contributed by atoms with Gasteiger partial charge in [0, 0.05) is 26.1 Å². The summed E-state index contributed by atoms with van der Waals surface area (Å²) in [5.74, 6) is -1.78. The van der Waals surface area contributed by atoms with Crippen molar-refractivity contribution in [3.8, 4) is 0 Å². The molecule has 1 unspecified atom stereocenters. The standard InChI is InChI=1S/C13H23N3O5/c1-2-16(8-9-4-3-7-21-9)13(20)15-10(12(18)19)5-6-11(14)17/h9-10H,2-8H2,1H3,(H2,14,17)(H,15,20)(H,18,19)/t9?,10-/m1/s1. The lowest BCUT2D eigenvalue weighted by molar-refractivity contribution is -0.139. The Bertz CT molecular complexity index is 382. The van der Waals surface area contributed by atoms with Gasteiger partial charge in [0.15, 0.2) is 0 Å². The van der Waals surface area contributed by atoms with Crippen molar-refractivity contribution in [1.29, 1.82) is 0 Å². The molecule has 4 N–H and O–H groups in total. The molecule has 8 nitrogen and oxygen atoms in total. The van der Waals surface area contributed by atoms with Crippen LogP contribution in [0.4, 0.5) is 4.79 Å². The number of amides is 3. The van der Waals surface area contributed by atoms with Crippen LogP contribution in [0.25, 0.3) is 0 Å². The molecule has 1 aliphatic heterocycles. The Balaban J connectivity index is 2.52. The number of carbonyl (C=O) groups excluding carboxylic acids is 2. The number of ether oxygens (including phenoxy) is 1. The lowest BCUT2D eigenvalue weighted by Crippen LogP contribution is -2.50. The van der Waals surface area contributed by atoms with Crippen LogP contribution in [-0.2, 0) is 14.3 Å². The number of nitrogens with zero attached hydrogens (tertiary/aromatic N) is 1. The number of nitrogens with two attached hydrogens (primary N) is 1. The van der Waals surface area contributed by atoms with Gasteiger partial charge in [0.2, 0.25) is 5.91 Å². The van der Waals surface area contributed by atoms with Crippen LogP contribution in [0.2, 0.25) is 0 Å². The molecule has 0 radical (unpaired) electrons. The van der Waals surface area contributed by atoms with E-state index in [-0.39, 0.29) is 18.9 Å². The Morgan fingerprint density at radius 2 is 2.19 bits per heavy atom. The highest BCUT2D eigenvalue weighted by molar-refractivity contribution is 5.83. The number of urea groups is 1. The van der Waals surface area contributed by atoms with Crippen LogP contribution in [0.1, 0.15) is 32.6 Å². The predicted molar refractivity (Wildman–Crippen MR) is 74.6 cm³/mol. The molecular formula is C13H23N3O5. The third kappa shape index (κ3) is 5.99. The topological polar surface area (TPSA) is 122 Å². The molecule has 0 aromatic carbocycles. The molecule has 0 aromatic heterocycles. The first-order chi connectivity index (χ1) is 9.93. The van der Waals surface area contributed by atoms with Crippen molar-refractivity contribution in [2.75, 3.05) is 19.7 Å². The number of aliphatic carboxylic acids is 1. The van der Waals surface area contributed by atoms with Gasteiger partial charge in [-0.3, -0.25) is 4.79 Å². The minimum Gasteiger partial charge on any atom is -0.480 e. The van der Waals surface area contributed by atoms with Crippen molar-refractivity contribution in [3.05, 3.63) is 0 Å². The van der Waals surface area contributed by atoms with Gasteiger partial charge in [-0.1, -0.05) is 0 Å². The molecule has 21 heavy (non-hydrogen) atoms. The van der Waals surface area contributed by atoms with E-state index in [4.69, 9.17) is 15.6 Å². The Kier molecular flexibility index (Phi) is 6.93. The van der Waals surface area contributed by atoms with Crippen molar-refractivity contribution in [1.82, 2.24) is 10.2 Å². The number of nitrogens with one attached hydrogen (secondary N) is 1. The van der Waals surface area contributed by atoms with Crippen molar-refractivity contribution in [2.45, 2.75) is 44.8 Å². The van der Waals surface area contributed by atoms with E-state index in [0.717, 1.165) is 12.8 Å². The number of primary amides is 1. The van der Waals surface area contributed by atoms with Crippen LogP contribution in [0, 0.1) is 0 Å². The second-order valence-electron chi connectivity index (χ2n) is 5.02. The van der Waals surface area contributed by atoms with Crippen LogP contribution in [0.15, 0.2) is 0 Å². The van der Waals surface area contributed by atoms with Crippen molar-refractivity contribution >= 4 is 17.9 Å². The number of carbonyl (C=O) groups is 3. The number of hydrogen-bond donors (Lipinski definition) is 3. The second kappa shape index (κ2) is 8.46. The summed E-state index contributed by atoms with van der Waals surface area (Å²) in [5, 5.41) is 11.5. The maximum absolute atomic E-state index is 12.1. The van der Waals surface area contributed by atoms with Crippen molar-refractivity contribution < 1.29 is 24.2 Å². The summed E-state index contributed by atoms with van der Waals surface area (Å²) >= 11 is 0.